The highest BCUT2D eigenvalue weighted by molar-refractivity contribution is 4.83. The topological polar surface area (TPSA) is 60.2 Å². The third-order valence-electron chi connectivity index (χ3n) is 1.61. The van der Waals surface area contributed by atoms with Crippen LogP contribution in [0.2, 0.25) is 0 Å². The second kappa shape index (κ2) is 5.72. The Morgan fingerprint density at radius 3 is 2.93 bits per heavy atom. The van der Waals surface area contributed by atoms with E-state index in [0.29, 0.717) is 30.8 Å². The van der Waals surface area contributed by atoms with Crippen LogP contribution in [0.1, 0.15) is 25.6 Å². The van der Waals surface area contributed by atoms with Gasteiger partial charge in [-0.3, -0.25) is 0 Å². The molecule has 0 aromatic carbocycles. The first-order valence-electron chi connectivity index (χ1n) is 4.73. The summed E-state index contributed by atoms with van der Waals surface area (Å²) >= 11 is 0. The van der Waals surface area contributed by atoms with Gasteiger partial charge in [-0.1, -0.05) is 19.0 Å². The highest BCUT2D eigenvalue weighted by Gasteiger charge is 2.04. The summed E-state index contributed by atoms with van der Waals surface area (Å²) < 4.78 is 9.87. The predicted octanol–water partition coefficient (Wildman–Crippen LogP) is 0.962. The fourth-order valence-corrected chi connectivity index (χ4v) is 1.02. The maximum absolute atomic E-state index is 5.00. The number of methoxy groups -OCH3 is 1. The van der Waals surface area contributed by atoms with Gasteiger partial charge in [0.1, 0.15) is 6.61 Å². The maximum atomic E-state index is 5.00. The standard InChI is InChI=1S/C9H17N3O2/c1-7(2)4-10-5-9-11-8(6-13-3)12-14-9/h7,10H,4-6H2,1-3H3. The van der Waals surface area contributed by atoms with Crippen molar-refractivity contribution in [2.24, 2.45) is 5.92 Å². The van der Waals surface area contributed by atoms with Crippen LogP contribution in [-0.4, -0.2) is 23.8 Å². The summed E-state index contributed by atoms with van der Waals surface area (Å²) in [5.41, 5.74) is 0. The second-order valence-electron chi connectivity index (χ2n) is 3.56. The normalized spacial score (nSPS) is 11.1. The molecule has 1 aromatic rings. The van der Waals surface area contributed by atoms with Crippen LogP contribution in [0.4, 0.5) is 0 Å². The van der Waals surface area contributed by atoms with E-state index in [9.17, 15) is 0 Å². The van der Waals surface area contributed by atoms with Crippen LogP contribution in [-0.2, 0) is 17.9 Å². The minimum atomic E-state index is 0.397. The van der Waals surface area contributed by atoms with E-state index in [1.165, 1.54) is 0 Å². The molecule has 0 spiro atoms. The predicted molar refractivity (Wildman–Crippen MR) is 51.6 cm³/mol. The number of rotatable bonds is 6. The fraction of sp³-hybridized carbons (Fsp3) is 0.778. The van der Waals surface area contributed by atoms with Crippen molar-refractivity contribution in [3.63, 3.8) is 0 Å². The van der Waals surface area contributed by atoms with E-state index in [2.05, 4.69) is 29.3 Å². The quantitative estimate of drug-likeness (QED) is 0.739. The molecule has 80 valence electrons. The highest BCUT2D eigenvalue weighted by atomic mass is 16.5. The van der Waals surface area contributed by atoms with Gasteiger partial charge in [0.15, 0.2) is 5.82 Å². The maximum Gasteiger partial charge on any atom is 0.240 e. The van der Waals surface area contributed by atoms with Crippen LogP contribution in [0.25, 0.3) is 0 Å². The van der Waals surface area contributed by atoms with Gasteiger partial charge in [0.2, 0.25) is 5.89 Å². The van der Waals surface area contributed by atoms with E-state index in [-0.39, 0.29) is 0 Å². The average molecular weight is 199 g/mol. The first-order chi connectivity index (χ1) is 6.72. The second-order valence-corrected chi connectivity index (χ2v) is 3.56. The van der Waals surface area contributed by atoms with E-state index in [1.807, 2.05) is 0 Å². The summed E-state index contributed by atoms with van der Waals surface area (Å²) in [5.74, 6) is 1.82. The summed E-state index contributed by atoms with van der Waals surface area (Å²) in [5, 5.41) is 6.97. The highest BCUT2D eigenvalue weighted by Crippen LogP contribution is 1.98. The monoisotopic (exact) mass is 199 g/mol. The molecule has 0 aliphatic heterocycles. The molecule has 0 saturated carbocycles. The van der Waals surface area contributed by atoms with Gasteiger partial charge in [-0.25, -0.2) is 0 Å². The molecule has 0 unspecified atom stereocenters. The molecule has 1 rings (SSSR count). The van der Waals surface area contributed by atoms with Gasteiger partial charge in [-0.05, 0) is 12.5 Å². The van der Waals surface area contributed by atoms with Crippen molar-refractivity contribution >= 4 is 0 Å². The van der Waals surface area contributed by atoms with Crippen molar-refractivity contribution in [1.82, 2.24) is 15.5 Å². The molecule has 0 amide bonds. The minimum Gasteiger partial charge on any atom is -0.377 e. The van der Waals surface area contributed by atoms with Crippen molar-refractivity contribution < 1.29 is 9.26 Å². The Balaban J connectivity index is 2.28. The van der Waals surface area contributed by atoms with Gasteiger partial charge in [-0.2, -0.15) is 4.98 Å². The van der Waals surface area contributed by atoms with Crippen LogP contribution < -0.4 is 5.32 Å². The molecule has 0 radical (unpaired) electrons. The van der Waals surface area contributed by atoms with Crippen molar-refractivity contribution in [3.8, 4) is 0 Å². The first kappa shape index (κ1) is 11.1. The Hall–Kier alpha value is -0.940. The van der Waals surface area contributed by atoms with Gasteiger partial charge in [0.05, 0.1) is 6.54 Å². The molecule has 0 aliphatic rings. The molecule has 0 bridgehead atoms. The number of aromatic nitrogens is 2. The van der Waals surface area contributed by atoms with Crippen molar-refractivity contribution in [2.75, 3.05) is 13.7 Å². The van der Waals surface area contributed by atoms with Gasteiger partial charge in [0, 0.05) is 7.11 Å². The summed E-state index contributed by atoms with van der Waals surface area (Å²) in [6, 6.07) is 0. The van der Waals surface area contributed by atoms with E-state index in [0.717, 1.165) is 6.54 Å². The zero-order valence-corrected chi connectivity index (χ0v) is 8.91. The Morgan fingerprint density at radius 1 is 1.50 bits per heavy atom. The Morgan fingerprint density at radius 2 is 2.29 bits per heavy atom. The number of hydrogen-bond donors (Lipinski definition) is 1. The lowest BCUT2D eigenvalue weighted by Gasteiger charge is -2.03. The van der Waals surface area contributed by atoms with Crippen LogP contribution in [0.5, 0.6) is 0 Å². The van der Waals surface area contributed by atoms with E-state index in [4.69, 9.17) is 9.26 Å². The molecule has 0 atom stereocenters. The van der Waals surface area contributed by atoms with Crippen molar-refractivity contribution in [1.29, 1.82) is 0 Å². The van der Waals surface area contributed by atoms with E-state index < -0.39 is 0 Å². The van der Waals surface area contributed by atoms with Gasteiger partial charge < -0.3 is 14.6 Å². The number of nitrogens with one attached hydrogen (secondary N) is 1. The molecule has 5 heteroatoms. The van der Waals surface area contributed by atoms with Crippen LogP contribution in [0, 0.1) is 5.92 Å². The fourth-order valence-electron chi connectivity index (χ4n) is 1.02. The zero-order valence-electron chi connectivity index (χ0n) is 8.91. The largest absolute Gasteiger partial charge is 0.377 e. The molecular weight excluding hydrogens is 182 g/mol. The molecule has 1 N–H and O–H groups in total. The summed E-state index contributed by atoms with van der Waals surface area (Å²) in [6.45, 7) is 6.26. The SMILES string of the molecule is COCc1noc(CNCC(C)C)n1. The Labute approximate surface area is 83.8 Å². The van der Waals surface area contributed by atoms with Gasteiger partial charge in [-0.15, -0.1) is 0 Å². The molecule has 0 aliphatic carbocycles. The minimum absolute atomic E-state index is 0.397. The molecular formula is C9H17N3O2. The lowest BCUT2D eigenvalue weighted by molar-refractivity contribution is 0.174. The summed E-state index contributed by atoms with van der Waals surface area (Å²) in [6.07, 6.45) is 0. The third kappa shape index (κ3) is 3.85. The average Bonchev–Trinajstić information content (AvgIpc) is 2.53. The zero-order chi connectivity index (χ0) is 10.4. The lowest BCUT2D eigenvalue weighted by Crippen LogP contribution is -2.19. The van der Waals surface area contributed by atoms with E-state index >= 15 is 0 Å². The molecule has 14 heavy (non-hydrogen) atoms. The van der Waals surface area contributed by atoms with E-state index in [1.54, 1.807) is 7.11 Å². The summed E-state index contributed by atoms with van der Waals surface area (Å²) in [7, 11) is 1.60. The van der Waals surface area contributed by atoms with Crippen molar-refractivity contribution in [2.45, 2.75) is 27.0 Å². The molecule has 0 fully saturated rings. The van der Waals surface area contributed by atoms with Gasteiger partial charge in [0.25, 0.3) is 0 Å². The Bertz CT molecular complexity index is 260. The van der Waals surface area contributed by atoms with Crippen LogP contribution in [0.3, 0.4) is 0 Å². The Kier molecular flexibility index (Phi) is 4.55. The summed E-state index contributed by atoms with van der Waals surface area (Å²) in [4.78, 5) is 4.13. The first-order valence-corrected chi connectivity index (χ1v) is 4.73. The molecule has 5 nitrogen and oxygen atoms in total. The molecule has 0 saturated heterocycles. The number of hydrogen-bond acceptors (Lipinski definition) is 5. The third-order valence-corrected chi connectivity index (χ3v) is 1.61. The van der Waals surface area contributed by atoms with Gasteiger partial charge >= 0.3 is 0 Å². The smallest absolute Gasteiger partial charge is 0.240 e. The van der Waals surface area contributed by atoms with Crippen LogP contribution >= 0.6 is 0 Å². The molecule has 1 heterocycles. The van der Waals surface area contributed by atoms with Crippen molar-refractivity contribution in [3.05, 3.63) is 11.7 Å². The van der Waals surface area contributed by atoms with Crippen LogP contribution in [0.15, 0.2) is 4.52 Å². The molecule has 1 aromatic heterocycles. The number of nitrogens with zero attached hydrogens (tertiary/aromatic N) is 2. The lowest BCUT2D eigenvalue weighted by atomic mass is 10.2. The number of ether oxygens (including phenoxy) is 1.